The summed E-state index contributed by atoms with van der Waals surface area (Å²) in [6.45, 7) is 8.00. The van der Waals surface area contributed by atoms with Gasteiger partial charge in [-0.15, -0.1) is 0 Å². The summed E-state index contributed by atoms with van der Waals surface area (Å²) in [4.78, 5) is 41.9. The van der Waals surface area contributed by atoms with Crippen molar-refractivity contribution in [3.8, 4) is 0 Å². The first-order valence-electron chi connectivity index (χ1n) is 11.1. The van der Waals surface area contributed by atoms with Crippen LogP contribution >= 0.6 is 23.2 Å². The lowest BCUT2D eigenvalue weighted by Gasteiger charge is -2.39. The minimum absolute atomic E-state index is 0.0383. The van der Waals surface area contributed by atoms with Gasteiger partial charge in [0.25, 0.3) is 5.69 Å². The van der Waals surface area contributed by atoms with E-state index in [1.54, 1.807) is 18.2 Å². The number of nitrogens with one attached hydrogen (secondary N) is 1. The lowest BCUT2D eigenvalue weighted by atomic mass is 9.64. The number of amides is 1. The Hall–Kier alpha value is -2.97. The predicted octanol–water partition coefficient (Wildman–Crippen LogP) is 6.58. The molecule has 0 saturated heterocycles. The van der Waals surface area contributed by atoms with Crippen LogP contribution < -0.4 is 5.32 Å². The molecule has 8 nitrogen and oxygen atoms in total. The van der Waals surface area contributed by atoms with Gasteiger partial charge in [-0.3, -0.25) is 14.9 Å². The van der Waals surface area contributed by atoms with Crippen molar-refractivity contribution < 1.29 is 19.3 Å². The van der Waals surface area contributed by atoms with Crippen molar-refractivity contribution in [2.45, 2.75) is 47.0 Å². The molecule has 1 N–H and O–H groups in total. The highest BCUT2D eigenvalue weighted by Crippen LogP contribution is 2.71. The van der Waals surface area contributed by atoms with Crippen molar-refractivity contribution in [3.05, 3.63) is 67.7 Å². The maximum atomic E-state index is 13.6. The highest BCUT2D eigenvalue weighted by molar-refractivity contribution is 6.32. The Morgan fingerprint density at radius 2 is 1.83 bits per heavy atom. The van der Waals surface area contributed by atoms with Crippen molar-refractivity contribution >= 4 is 52.2 Å². The van der Waals surface area contributed by atoms with E-state index in [-0.39, 0.29) is 16.5 Å². The number of rotatable bonds is 5. The minimum atomic E-state index is -0.836. The van der Waals surface area contributed by atoms with Gasteiger partial charge in [0.05, 0.1) is 21.6 Å². The maximum absolute atomic E-state index is 13.6. The minimum Gasteiger partial charge on any atom is -0.325 e. The van der Waals surface area contributed by atoms with Crippen molar-refractivity contribution in [2.75, 3.05) is 5.32 Å². The van der Waals surface area contributed by atoms with Crippen LogP contribution in [-0.2, 0) is 9.63 Å². The third kappa shape index (κ3) is 3.89. The molecule has 2 saturated carbocycles. The van der Waals surface area contributed by atoms with Gasteiger partial charge in [0, 0.05) is 28.6 Å². The van der Waals surface area contributed by atoms with E-state index in [4.69, 9.17) is 28.0 Å². The number of hydrogen-bond acceptors (Lipinski definition) is 6. The first-order valence-corrected chi connectivity index (χ1v) is 11.9. The van der Waals surface area contributed by atoms with E-state index < -0.39 is 32.8 Å². The molecule has 2 aromatic rings. The fourth-order valence-electron chi connectivity index (χ4n) is 5.46. The van der Waals surface area contributed by atoms with Gasteiger partial charge >= 0.3 is 5.97 Å². The van der Waals surface area contributed by atoms with Crippen LogP contribution in [0.2, 0.25) is 10.0 Å². The summed E-state index contributed by atoms with van der Waals surface area (Å²) in [5, 5.41) is 18.9. The Bertz CT molecular complexity index is 1290. The van der Waals surface area contributed by atoms with E-state index in [0.717, 1.165) is 11.6 Å². The highest BCUT2D eigenvalue weighted by Gasteiger charge is 2.71. The Kier molecular flexibility index (Phi) is 6.18. The molecule has 0 heterocycles. The fourth-order valence-corrected chi connectivity index (χ4v) is 5.87. The zero-order valence-corrected chi connectivity index (χ0v) is 21.3. The first kappa shape index (κ1) is 25.1. The Morgan fingerprint density at radius 1 is 1.11 bits per heavy atom. The molecule has 0 spiro atoms. The molecule has 184 valence electrons. The van der Waals surface area contributed by atoms with Crippen LogP contribution in [0.4, 0.5) is 11.4 Å². The lowest BCUT2D eigenvalue weighted by molar-refractivity contribution is -0.384. The molecule has 0 aromatic heterocycles. The van der Waals surface area contributed by atoms with E-state index >= 15 is 0 Å². The second-order valence-corrected chi connectivity index (χ2v) is 10.8. The number of hydrogen-bond donors (Lipinski definition) is 1. The lowest BCUT2D eigenvalue weighted by Crippen LogP contribution is -2.43. The van der Waals surface area contributed by atoms with Crippen LogP contribution in [0, 0.1) is 33.3 Å². The molecule has 2 unspecified atom stereocenters. The summed E-state index contributed by atoms with van der Waals surface area (Å²) in [7, 11) is 0. The van der Waals surface area contributed by atoms with Gasteiger partial charge in [0.2, 0.25) is 5.91 Å². The van der Waals surface area contributed by atoms with E-state index in [2.05, 4.69) is 10.5 Å². The standard InChI is InChI=1S/C25H25Cl2N3O5/c1-14-11-16(26)6-8-18(14)28-22(32)25-10-9-24(4,23(25,2)3)20(13-25)29-35-21(31)15-5-7-17(27)19(12-15)30(33)34/h5-8,11-12H,9-10,13H2,1-4H3,(H,28,32)/b29-20-. The monoisotopic (exact) mass is 517 g/mol. The van der Waals surface area contributed by atoms with Crippen molar-refractivity contribution in [1.29, 1.82) is 0 Å². The predicted molar refractivity (Wildman–Crippen MR) is 134 cm³/mol. The topological polar surface area (TPSA) is 111 Å². The Morgan fingerprint density at radius 3 is 2.49 bits per heavy atom. The SMILES string of the molecule is Cc1cc(Cl)ccc1NC(=O)C12CCC(C)(/C(=N\OC(=O)c3ccc(Cl)c([N+](=O)[O-])c3)C1)C2(C)C. The number of carbonyl (C=O) groups is 2. The van der Waals surface area contributed by atoms with Crippen LogP contribution in [0.1, 0.15) is 56.0 Å². The molecule has 2 aromatic carbocycles. The third-order valence-corrected chi connectivity index (χ3v) is 8.78. The zero-order chi connectivity index (χ0) is 25.8. The van der Waals surface area contributed by atoms with Crippen molar-refractivity contribution in [1.82, 2.24) is 0 Å². The number of carbonyl (C=O) groups excluding carboxylic acids is 2. The van der Waals surface area contributed by atoms with Crippen molar-refractivity contribution in [2.24, 2.45) is 21.4 Å². The maximum Gasteiger partial charge on any atom is 0.365 e. The van der Waals surface area contributed by atoms with Crippen LogP contribution in [0.3, 0.4) is 0 Å². The number of nitro groups is 1. The van der Waals surface area contributed by atoms with Gasteiger partial charge in [0.1, 0.15) is 5.02 Å². The summed E-state index contributed by atoms with van der Waals surface area (Å²) in [5.41, 5.74) is 0.0727. The summed E-state index contributed by atoms with van der Waals surface area (Å²) in [5.74, 6) is -0.946. The highest BCUT2D eigenvalue weighted by atomic mass is 35.5. The molecule has 2 fully saturated rings. The smallest absolute Gasteiger partial charge is 0.325 e. The second kappa shape index (κ2) is 8.60. The molecule has 0 aliphatic heterocycles. The average molecular weight is 518 g/mol. The molecule has 2 aliphatic rings. The van der Waals surface area contributed by atoms with Gasteiger partial charge in [-0.1, -0.05) is 49.1 Å². The number of benzene rings is 2. The number of halogens is 2. The Balaban J connectivity index is 1.59. The zero-order valence-electron chi connectivity index (χ0n) is 19.8. The van der Waals surface area contributed by atoms with E-state index in [1.807, 2.05) is 27.7 Å². The number of fused-ring (bicyclic) bond motifs is 2. The quantitative estimate of drug-likeness (QED) is 0.273. The number of anilines is 1. The molecular weight excluding hydrogens is 493 g/mol. The summed E-state index contributed by atoms with van der Waals surface area (Å²) in [6.07, 6.45) is 1.71. The molecule has 2 aliphatic carbocycles. The fraction of sp³-hybridized carbons (Fsp3) is 0.400. The second-order valence-electron chi connectivity index (χ2n) is 9.97. The van der Waals surface area contributed by atoms with Gasteiger partial charge in [0.15, 0.2) is 0 Å². The van der Waals surface area contributed by atoms with Gasteiger partial charge in [-0.25, -0.2) is 4.79 Å². The molecule has 10 heteroatoms. The van der Waals surface area contributed by atoms with E-state index in [1.165, 1.54) is 12.1 Å². The molecule has 4 rings (SSSR count). The van der Waals surface area contributed by atoms with E-state index in [0.29, 0.717) is 35.7 Å². The molecule has 2 atom stereocenters. The molecular formula is C25H25Cl2N3O5. The summed E-state index contributed by atoms with van der Waals surface area (Å²) < 4.78 is 0. The van der Waals surface area contributed by atoms with Gasteiger partial charge in [-0.2, -0.15) is 0 Å². The van der Waals surface area contributed by atoms with Crippen molar-refractivity contribution in [3.63, 3.8) is 0 Å². The molecule has 0 radical (unpaired) electrons. The molecule has 35 heavy (non-hydrogen) atoms. The van der Waals surface area contributed by atoms with E-state index in [9.17, 15) is 19.7 Å². The molecule has 2 bridgehead atoms. The first-order chi connectivity index (χ1) is 16.3. The van der Waals surface area contributed by atoms with Gasteiger partial charge in [-0.05, 0) is 61.1 Å². The molecule has 1 amide bonds. The van der Waals surface area contributed by atoms with Crippen LogP contribution in [0.5, 0.6) is 0 Å². The van der Waals surface area contributed by atoms with Gasteiger partial charge < -0.3 is 10.2 Å². The largest absolute Gasteiger partial charge is 0.365 e. The summed E-state index contributed by atoms with van der Waals surface area (Å²) >= 11 is 11.9. The average Bonchev–Trinajstić information content (AvgIpc) is 3.10. The Labute approximate surface area is 212 Å². The van der Waals surface area contributed by atoms with Crippen LogP contribution in [0.15, 0.2) is 41.6 Å². The normalized spacial score (nSPS) is 25.5. The number of aryl methyl sites for hydroxylation is 1. The van der Waals surface area contributed by atoms with Crippen LogP contribution in [-0.4, -0.2) is 22.5 Å². The number of oxime groups is 1. The summed E-state index contributed by atoms with van der Waals surface area (Å²) in [6, 6.07) is 8.97. The third-order valence-electron chi connectivity index (χ3n) is 8.22. The number of nitrogens with zero attached hydrogens (tertiary/aromatic N) is 2. The van der Waals surface area contributed by atoms with Crippen LogP contribution in [0.25, 0.3) is 0 Å². The number of nitro benzene ring substituents is 1.